The molecule has 0 aromatic rings. The van der Waals surface area contributed by atoms with Gasteiger partial charge < -0.3 is 10.2 Å². The van der Waals surface area contributed by atoms with Crippen LogP contribution >= 0.6 is 0 Å². The van der Waals surface area contributed by atoms with Crippen LogP contribution in [-0.2, 0) is 0 Å². The van der Waals surface area contributed by atoms with Gasteiger partial charge in [0.1, 0.15) is 0 Å². The molecule has 0 amide bonds. The van der Waals surface area contributed by atoms with Crippen LogP contribution in [0, 0.1) is 0 Å². The maximum Gasteiger partial charge on any atom is 0.205 e. The van der Waals surface area contributed by atoms with Crippen LogP contribution in [0.25, 0.3) is 41.8 Å². The molecule has 0 radical (unpaired) electrons. The van der Waals surface area contributed by atoms with Crippen molar-refractivity contribution >= 4 is 0 Å². The third-order valence-corrected chi connectivity index (χ3v) is 2.47. The number of likely N-dealkylation sites (N-methyl/N-ethyl adjacent to an activating group) is 1. The molecule has 0 heterocycles. The fourth-order valence-corrected chi connectivity index (χ4v) is 1.47. The topological polar surface area (TPSA) is 267 Å². The van der Waals surface area contributed by atoms with E-state index < -0.39 is 18.5 Å². The summed E-state index contributed by atoms with van der Waals surface area (Å²) in [6, 6.07) is 0. The number of rotatable bonds is 13. The minimum absolute atomic E-state index is 0.0503. The summed E-state index contributed by atoms with van der Waals surface area (Å²) in [5.74, 6) is 0. The molecule has 0 bridgehead atoms. The smallest absolute Gasteiger partial charge is 0.205 e. The van der Waals surface area contributed by atoms with Crippen LogP contribution < -0.4 is 0 Å². The lowest BCUT2D eigenvalue weighted by atomic mass is 10.3. The third-order valence-electron chi connectivity index (χ3n) is 2.47. The van der Waals surface area contributed by atoms with E-state index in [1.54, 1.807) is 0 Å². The highest BCUT2D eigenvalue weighted by atomic mass is 16.3. The van der Waals surface area contributed by atoms with Gasteiger partial charge in [-0.3, -0.25) is 10.0 Å². The molecule has 0 aliphatic heterocycles. The Kier molecular flexibility index (Phi) is 11.8. The Morgan fingerprint density at radius 3 is 1.77 bits per heavy atom. The van der Waals surface area contributed by atoms with Crippen LogP contribution in [-0.4, -0.2) is 72.0 Å². The van der Waals surface area contributed by atoms with Gasteiger partial charge in [-0.15, -0.1) is 0 Å². The van der Waals surface area contributed by atoms with E-state index in [9.17, 15) is 10.2 Å². The fourth-order valence-electron chi connectivity index (χ4n) is 1.47. The van der Waals surface area contributed by atoms with Crippen LogP contribution in [0.3, 0.4) is 0 Å². The van der Waals surface area contributed by atoms with E-state index in [1.807, 2.05) is 0 Å². The normalized spacial score (nSPS) is 13.2. The number of nitrogens with zero attached hydrogens (tertiary/aromatic N) is 16. The first-order valence-electron chi connectivity index (χ1n) is 6.84. The van der Waals surface area contributed by atoms with Crippen LogP contribution in [0.15, 0.2) is 30.9 Å². The lowest BCUT2D eigenvalue weighted by Gasteiger charge is -2.24. The zero-order valence-electron chi connectivity index (χ0n) is 13.6. The maximum atomic E-state index is 9.77. The van der Waals surface area contributed by atoms with Crippen molar-refractivity contribution in [3.63, 3.8) is 0 Å². The molecule has 140 valence electrons. The summed E-state index contributed by atoms with van der Waals surface area (Å²) in [5.41, 5.74) is 33.5. The van der Waals surface area contributed by atoms with Gasteiger partial charge in [0.2, 0.25) is 6.29 Å². The Bertz CT molecular complexity index is 621. The van der Waals surface area contributed by atoms with Crippen LogP contribution in [0.5, 0.6) is 0 Å². The Balaban J connectivity index is 5.17. The fraction of sp³-hybridized carbons (Fsp3) is 1.00. The summed E-state index contributed by atoms with van der Waals surface area (Å²) >= 11 is 0. The minimum Gasteiger partial charge on any atom is -0.391 e. The van der Waals surface area contributed by atoms with Crippen molar-refractivity contribution in [2.24, 2.45) is 30.9 Å². The molecule has 0 saturated heterocycles. The first-order chi connectivity index (χ1) is 12.5. The minimum atomic E-state index is -1.48. The molecule has 18 nitrogen and oxygen atoms in total. The van der Waals surface area contributed by atoms with E-state index in [4.69, 9.17) is 22.1 Å². The monoisotopic (exact) mass is 368 g/mol. The van der Waals surface area contributed by atoms with Crippen molar-refractivity contribution in [2.75, 3.05) is 33.2 Å². The van der Waals surface area contributed by atoms with Gasteiger partial charge in [-0.2, -0.15) is 0 Å². The van der Waals surface area contributed by atoms with Gasteiger partial charge in [-0.1, -0.05) is 30.9 Å². The van der Waals surface area contributed by atoms with Gasteiger partial charge in [-0.05, 0) is 22.1 Å². The quantitative estimate of drug-likeness (QED) is 0.212. The number of hydrogen-bond donors (Lipinski definition) is 2. The molecule has 0 saturated carbocycles. The molecular weight excluding hydrogens is 352 g/mol. The van der Waals surface area contributed by atoms with Gasteiger partial charge >= 0.3 is 0 Å². The summed E-state index contributed by atoms with van der Waals surface area (Å²) in [4.78, 5) is 10.0. The highest BCUT2D eigenvalue weighted by Gasteiger charge is 2.18. The summed E-state index contributed by atoms with van der Waals surface area (Å²) in [5, 5.41) is 41.6. The van der Waals surface area contributed by atoms with Crippen LogP contribution in [0.1, 0.15) is 0 Å². The third kappa shape index (κ3) is 10.2. The van der Waals surface area contributed by atoms with Crippen molar-refractivity contribution in [1.29, 1.82) is 0 Å². The number of aliphatic hydroxyl groups excluding tert-OH is 2. The maximum absolute atomic E-state index is 9.77. The predicted molar refractivity (Wildman–Crippen MR) is 86.3 cm³/mol. The number of hydrogen-bond acceptors (Lipinski definition) is 8. The standard InChI is InChI=1S/C8H16N16O2/c1-23(4-6(25)2-13-17-9)21-22-24(5-7(26)3-14-18-10)8(15-19-11)16-20-12/h6-8,25-26H,2-5H2,1H3/b22-21+. The molecule has 2 unspecified atom stereocenters. The van der Waals surface area contributed by atoms with Crippen LogP contribution in [0.2, 0.25) is 0 Å². The molecule has 0 fully saturated rings. The highest BCUT2D eigenvalue weighted by Crippen LogP contribution is 2.08. The molecule has 0 aliphatic carbocycles. The number of azide groups is 3. The summed E-state index contributed by atoms with van der Waals surface area (Å²) < 4.78 is 0. The molecule has 0 aliphatic rings. The first-order valence-corrected chi connectivity index (χ1v) is 6.84. The Morgan fingerprint density at radius 1 is 0.808 bits per heavy atom. The molecule has 2 atom stereocenters. The Morgan fingerprint density at radius 2 is 1.31 bits per heavy atom. The zero-order valence-corrected chi connectivity index (χ0v) is 13.6. The predicted octanol–water partition coefficient (Wildman–Crippen LogP) is 1.75. The zero-order chi connectivity index (χ0) is 19.8. The van der Waals surface area contributed by atoms with Gasteiger partial charge in [-0.25, -0.2) is 0 Å². The van der Waals surface area contributed by atoms with E-state index in [0.717, 1.165) is 5.01 Å². The molecule has 2 N–H and O–H groups in total. The van der Waals surface area contributed by atoms with Crippen molar-refractivity contribution in [3.8, 4) is 0 Å². The highest BCUT2D eigenvalue weighted by molar-refractivity contribution is 4.71. The molecule has 0 aromatic heterocycles. The van der Waals surface area contributed by atoms with E-state index in [0.29, 0.717) is 0 Å². The average Bonchev–Trinajstić information content (AvgIpc) is 2.61. The second-order valence-corrected chi connectivity index (χ2v) is 4.53. The number of aliphatic hydroxyl groups is 2. The average molecular weight is 368 g/mol. The lowest BCUT2D eigenvalue weighted by Crippen LogP contribution is -2.36. The molecule has 18 heteroatoms. The van der Waals surface area contributed by atoms with Gasteiger partial charge in [0.15, 0.2) is 0 Å². The summed E-state index contributed by atoms with van der Waals surface area (Å²) in [6.45, 7) is -0.862. The largest absolute Gasteiger partial charge is 0.391 e. The van der Waals surface area contributed by atoms with Crippen molar-refractivity contribution in [3.05, 3.63) is 41.8 Å². The van der Waals surface area contributed by atoms with Gasteiger partial charge in [0.05, 0.1) is 38.4 Å². The molecular formula is C8H16N16O2. The second-order valence-electron chi connectivity index (χ2n) is 4.53. The lowest BCUT2D eigenvalue weighted by molar-refractivity contribution is 0.0752. The van der Waals surface area contributed by atoms with Crippen molar-refractivity contribution in [2.45, 2.75) is 18.5 Å². The van der Waals surface area contributed by atoms with Crippen LogP contribution in [0.4, 0.5) is 0 Å². The van der Waals surface area contributed by atoms with Crippen molar-refractivity contribution < 1.29 is 10.2 Å². The SMILES string of the molecule is CN(CC(O)CN=[N+]=[N-])/N=N/N(CC(O)CN=[N+]=[N-])C(N=[N+]=[N-])N=[N+]=[N-]. The molecule has 0 spiro atoms. The summed E-state index contributed by atoms with van der Waals surface area (Å²) in [6.07, 6.45) is -3.70. The summed E-state index contributed by atoms with van der Waals surface area (Å²) in [7, 11) is 1.44. The van der Waals surface area contributed by atoms with E-state index >= 15 is 0 Å². The van der Waals surface area contributed by atoms with E-state index in [2.05, 4.69) is 50.6 Å². The van der Waals surface area contributed by atoms with E-state index in [-0.39, 0.29) is 26.2 Å². The van der Waals surface area contributed by atoms with Crippen molar-refractivity contribution in [1.82, 2.24) is 10.0 Å². The second kappa shape index (κ2) is 13.8. The van der Waals surface area contributed by atoms with Gasteiger partial charge in [0, 0.05) is 26.7 Å². The molecule has 26 heavy (non-hydrogen) atoms. The Labute approximate surface area is 145 Å². The van der Waals surface area contributed by atoms with E-state index in [1.165, 1.54) is 12.1 Å². The van der Waals surface area contributed by atoms with Gasteiger partial charge in [0.25, 0.3) is 0 Å². The molecule has 0 rings (SSSR count). The molecule has 0 aromatic carbocycles. The Hall–Kier alpha value is -3.64. The first kappa shape index (κ1) is 22.4.